The minimum absolute atomic E-state index is 0.00637. The van der Waals surface area contributed by atoms with Crippen LogP contribution in [-0.4, -0.2) is 63.4 Å². The molecule has 22 heavy (non-hydrogen) atoms. The van der Waals surface area contributed by atoms with Crippen LogP contribution in [0.25, 0.3) is 0 Å². The quantitative estimate of drug-likeness (QED) is 0.881. The van der Waals surface area contributed by atoms with Gasteiger partial charge in [-0.25, -0.2) is 4.79 Å². The number of amides is 2. The van der Waals surface area contributed by atoms with Gasteiger partial charge in [0.1, 0.15) is 12.6 Å². The number of aryl methyl sites for hydroxylation is 1. The van der Waals surface area contributed by atoms with Crippen molar-refractivity contribution in [3.63, 3.8) is 0 Å². The number of nitrogens with zero attached hydrogens (tertiary/aromatic N) is 3. The molecule has 0 radical (unpaired) electrons. The Morgan fingerprint density at radius 1 is 1.36 bits per heavy atom. The first-order valence-corrected chi connectivity index (χ1v) is 7.22. The molecule has 1 aliphatic rings. The molecule has 1 aliphatic heterocycles. The first-order valence-electron chi connectivity index (χ1n) is 7.22. The summed E-state index contributed by atoms with van der Waals surface area (Å²) < 4.78 is 1.99. The average molecular weight is 307 g/mol. The molecule has 1 saturated heterocycles. The molecular formula is C15H21N3O4. The maximum atomic E-state index is 12.7. The summed E-state index contributed by atoms with van der Waals surface area (Å²) in [4.78, 5) is 38.5. The minimum Gasteiger partial charge on any atom is -0.480 e. The number of piperazine rings is 1. The molecule has 1 atom stereocenters. The lowest BCUT2D eigenvalue weighted by Crippen LogP contribution is -2.59. The fourth-order valence-corrected chi connectivity index (χ4v) is 2.92. The lowest BCUT2D eigenvalue weighted by Gasteiger charge is -2.37. The van der Waals surface area contributed by atoms with Crippen molar-refractivity contribution in [1.82, 2.24) is 14.4 Å². The van der Waals surface area contributed by atoms with Crippen molar-refractivity contribution in [2.75, 3.05) is 20.1 Å². The highest BCUT2D eigenvalue weighted by Crippen LogP contribution is 2.20. The molecule has 0 spiro atoms. The molecule has 7 heteroatoms. The summed E-state index contributed by atoms with van der Waals surface area (Å²) in [5.74, 6) is -1.76. The second-order valence-electron chi connectivity index (χ2n) is 5.59. The molecule has 0 bridgehead atoms. The summed E-state index contributed by atoms with van der Waals surface area (Å²) in [5.41, 5.74) is 2.19. The monoisotopic (exact) mass is 307 g/mol. The van der Waals surface area contributed by atoms with E-state index in [4.69, 9.17) is 0 Å². The van der Waals surface area contributed by atoms with Crippen LogP contribution in [0.3, 0.4) is 0 Å². The maximum Gasteiger partial charge on any atom is 0.328 e. The number of rotatable bonds is 3. The van der Waals surface area contributed by atoms with Crippen LogP contribution in [0.1, 0.15) is 28.7 Å². The lowest BCUT2D eigenvalue weighted by molar-refractivity contribution is -0.149. The third kappa shape index (κ3) is 2.58. The highest BCUT2D eigenvalue weighted by Gasteiger charge is 2.38. The van der Waals surface area contributed by atoms with E-state index >= 15 is 0 Å². The van der Waals surface area contributed by atoms with Gasteiger partial charge in [-0.15, -0.1) is 0 Å². The second kappa shape index (κ2) is 5.82. The van der Waals surface area contributed by atoms with Gasteiger partial charge in [0.25, 0.3) is 5.91 Å². The first kappa shape index (κ1) is 16.1. The van der Waals surface area contributed by atoms with Crippen LogP contribution in [-0.2, 0) is 16.1 Å². The van der Waals surface area contributed by atoms with Crippen LogP contribution < -0.4 is 0 Å². The second-order valence-corrected chi connectivity index (χ2v) is 5.59. The number of hydrogen-bond acceptors (Lipinski definition) is 3. The van der Waals surface area contributed by atoms with Gasteiger partial charge in [0.05, 0.1) is 12.1 Å². The molecule has 0 aliphatic carbocycles. The van der Waals surface area contributed by atoms with E-state index in [1.807, 2.05) is 25.3 Å². The fraction of sp³-hybridized carbons (Fsp3) is 0.533. The topological polar surface area (TPSA) is 82.9 Å². The number of carboxylic acid groups (broad SMARTS) is 1. The third-order valence-corrected chi connectivity index (χ3v) is 4.22. The predicted octanol–water partition coefficient (Wildman–Crippen LogP) is 0.492. The van der Waals surface area contributed by atoms with E-state index in [1.165, 1.54) is 4.90 Å². The van der Waals surface area contributed by atoms with E-state index in [2.05, 4.69) is 0 Å². The van der Waals surface area contributed by atoms with Gasteiger partial charge in [0, 0.05) is 25.0 Å². The Labute approximate surface area is 129 Å². The Balaban J connectivity index is 2.38. The molecule has 1 aromatic rings. The van der Waals surface area contributed by atoms with E-state index in [9.17, 15) is 19.5 Å². The Morgan fingerprint density at radius 2 is 2.00 bits per heavy atom. The number of aliphatic carboxylic acids is 1. The molecule has 1 aromatic heterocycles. The summed E-state index contributed by atoms with van der Waals surface area (Å²) in [6, 6.07) is 0.739. The van der Waals surface area contributed by atoms with Crippen LogP contribution in [0.4, 0.5) is 0 Å². The molecule has 1 N–H and O–H groups in total. The first-order chi connectivity index (χ1) is 10.3. The molecule has 120 valence electrons. The lowest BCUT2D eigenvalue weighted by atomic mass is 10.1. The highest BCUT2D eigenvalue weighted by atomic mass is 16.4. The largest absolute Gasteiger partial charge is 0.480 e. The molecule has 0 aromatic carbocycles. The zero-order valence-electron chi connectivity index (χ0n) is 13.3. The normalized spacial score (nSPS) is 18.7. The van der Waals surface area contributed by atoms with Crippen molar-refractivity contribution in [3.05, 3.63) is 23.0 Å². The SMILES string of the molecule is CCn1c(C)cc(C(=O)N2CC(=O)N(C)CC2C(=O)O)c1C. The van der Waals surface area contributed by atoms with Gasteiger partial charge in [-0.1, -0.05) is 0 Å². The predicted molar refractivity (Wildman–Crippen MR) is 79.7 cm³/mol. The number of carboxylic acids is 1. The van der Waals surface area contributed by atoms with Crippen LogP contribution in [0.2, 0.25) is 0 Å². The van der Waals surface area contributed by atoms with Crippen molar-refractivity contribution in [3.8, 4) is 0 Å². The highest BCUT2D eigenvalue weighted by molar-refractivity contribution is 6.00. The van der Waals surface area contributed by atoms with Crippen molar-refractivity contribution in [2.24, 2.45) is 0 Å². The number of carbonyl (C=O) groups excluding carboxylic acids is 2. The van der Waals surface area contributed by atoms with E-state index < -0.39 is 17.9 Å². The van der Waals surface area contributed by atoms with Crippen molar-refractivity contribution >= 4 is 17.8 Å². The van der Waals surface area contributed by atoms with E-state index in [1.54, 1.807) is 13.1 Å². The Kier molecular flexibility index (Phi) is 4.25. The van der Waals surface area contributed by atoms with Crippen LogP contribution in [0, 0.1) is 13.8 Å². The molecule has 1 fully saturated rings. The standard InChI is InChI=1S/C15H21N3O4/c1-5-17-9(2)6-11(10(17)3)14(20)18-8-13(19)16(4)7-12(18)15(21)22/h6,12H,5,7-8H2,1-4H3,(H,21,22). The molecule has 1 unspecified atom stereocenters. The minimum atomic E-state index is -1.10. The summed E-state index contributed by atoms with van der Waals surface area (Å²) in [7, 11) is 1.54. The van der Waals surface area contributed by atoms with Crippen LogP contribution >= 0.6 is 0 Å². The summed E-state index contributed by atoms with van der Waals surface area (Å²) in [6.07, 6.45) is 0. The fourth-order valence-electron chi connectivity index (χ4n) is 2.92. The van der Waals surface area contributed by atoms with Gasteiger partial charge in [0.2, 0.25) is 5.91 Å². The average Bonchev–Trinajstić information content (AvgIpc) is 2.74. The molecular weight excluding hydrogens is 286 g/mol. The van der Waals surface area contributed by atoms with Gasteiger partial charge in [-0.2, -0.15) is 0 Å². The molecule has 0 saturated carbocycles. The zero-order valence-corrected chi connectivity index (χ0v) is 13.3. The zero-order chi connectivity index (χ0) is 16.6. The number of carbonyl (C=O) groups is 3. The third-order valence-electron chi connectivity index (χ3n) is 4.22. The van der Waals surface area contributed by atoms with E-state index in [-0.39, 0.29) is 19.0 Å². The van der Waals surface area contributed by atoms with Crippen molar-refractivity contribution in [1.29, 1.82) is 0 Å². The molecule has 2 amide bonds. The molecule has 7 nitrogen and oxygen atoms in total. The van der Waals surface area contributed by atoms with Gasteiger partial charge in [0.15, 0.2) is 0 Å². The van der Waals surface area contributed by atoms with E-state index in [0.717, 1.165) is 22.8 Å². The molecule has 2 heterocycles. The number of hydrogen-bond donors (Lipinski definition) is 1. The smallest absolute Gasteiger partial charge is 0.328 e. The summed E-state index contributed by atoms with van der Waals surface area (Å²) in [5, 5.41) is 9.35. The summed E-state index contributed by atoms with van der Waals surface area (Å²) >= 11 is 0. The van der Waals surface area contributed by atoms with Gasteiger partial charge in [-0.05, 0) is 26.8 Å². The van der Waals surface area contributed by atoms with Crippen LogP contribution in [0.15, 0.2) is 6.07 Å². The van der Waals surface area contributed by atoms with Crippen LogP contribution in [0.5, 0.6) is 0 Å². The van der Waals surface area contributed by atoms with Gasteiger partial charge in [-0.3, -0.25) is 9.59 Å². The van der Waals surface area contributed by atoms with Crippen molar-refractivity contribution < 1.29 is 19.5 Å². The Bertz CT molecular complexity index is 635. The Hall–Kier alpha value is -2.31. The van der Waals surface area contributed by atoms with Gasteiger partial charge >= 0.3 is 5.97 Å². The summed E-state index contributed by atoms with van der Waals surface area (Å²) in [6.45, 7) is 6.24. The molecule has 2 rings (SSSR count). The van der Waals surface area contributed by atoms with Crippen molar-refractivity contribution in [2.45, 2.75) is 33.4 Å². The maximum absolute atomic E-state index is 12.7. The number of aromatic nitrogens is 1. The Morgan fingerprint density at radius 3 is 2.50 bits per heavy atom. The van der Waals surface area contributed by atoms with E-state index in [0.29, 0.717) is 5.56 Å². The van der Waals surface area contributed by atoms with Gasteiger partial charge < -0.3 is 19.5 Å². The number of likely N-dealkylation sites (N-methyl/N-ethyl adjacent to an activating group) is 1.